The highest BCUT2D eigenvalue weighted by Crippen LogP contribution is 2.09. The monoisotopic (exact) mass is 181 g/mol. The van der Waals surface area contributed by atoms with Crippen LogP contribution in [0.4, 0.5) is 5.69 Å². The number of hydrogen-bond acceptors (Lipinski definition) is 4. The summed E-state index contributed by atoms with van der Waals surface area (Å²) >= 11 is 0. The maximum Gasteiger partial charge on any atom is 0.359 e. The molecule has 0 atom stereocenters. The molecule has 4 heteroatoms. The lowest BCUT2D eigenvalue weighted by molar-refractivity contribution is 0.122. The number of anilines is 1. The maximum absolute atomic E-state index is 11.3. The number of morpholine rings is 1. The summed E-state index contributed by atoms with van der Waals surface area (Å²) in [7, 11) is 0. The van der Waals surface area contributed by atoms with Gasteiger partial charge in [-0.15, -0.1) is 0 Å². The van der Waals surface area contributed by atoms with Gasteiger partial charge in [0.2, 0.25) is 0 Å². The van der Waals surface area contributed by atoms with Crippen LogP contribution < -0.4 is 10.5 Å². The van der Waals surface area contributed by atoms with E-state index in [9.17, 15) is 4.79 Å². The van der Waals surface area contributed by atoms with Crippen molar-refractivity contribution in [3.63, 3.8) is 0 Å². The first-order valence-electron chi connectivity index (χ1n) is 4.28. The molecule has 4 nitrogen and oxygen atoms in total. The van der Waals surface area contributed by atoms with E-state index in [0.717, 1.165) is 13.1 Å². The highest BCUT2D eigenvalue weighted by molar-refractivity contribution is 5.42. The number of rotatable bonds is 1. The molecule has 0 bridgehead atoms. The smallest absolute Gasteiger partial charge is 0.359 e. The van der Waals surface area contributed by atoms with Crippen LogP contribution in [0.3, 0.4) is 0 Å². The number of nitrogens with zero attached hydrogens (tertiary/aromatic N) is 1. The predicted molar refractivity (Wildman–Crippen MR) is 48.0 cm³/mol. The van der Waals surface area contributed by atoms with Crippen molar-refractivity contribution in [2.75, 3.05) is 31.2 Å². The van der Waals surface area contributed by atoms with Gasteiger partial charge in [-0.3, -0.25) is 0 Å². The largest absolute Gasteiger partial charge is 0.430 e. The Labute approximate surface area is 75.7 Å². The van der Waals surface area contributed by atoms with Crippen molar-refractivity contribution >= 4 is 5.69 Å². The van der Waals surface area contributed by atoms with Crippen molar-refractivity contribution in [1.29, 1.82) is 0 Å². The minimum atomic E-state index is -0.274. The van der Waals surface area contributed by atoms with Gasteiger partial charge in [0, 0.05) is 13.1 Å². The fourth-order valence-electron chi connectivity index (χ4n) is 1.40. The fraction of sp³-hybridized carbons (Fsp3) is 0.444. The predicted octanol–water partition coefficient (Wildman–Crippen LogP) is 0.476. The van der Waals surface area contributed by atoms with Gasteiger partial charge in [0.25, 0.3) is 0 Å². The van der Waals surface area contributed by atoms with Gasteiger partial charge in [-0.2, -0.15) is 0 Å². The molecule has 0 aliphatic carbocycles. The van der Waals surface area contributed by atoms with Crippen LogP contribution in [0, 0.1) is 0 Å². The summed E-state index contributed by atoms with van der Waals surface area (Å²) < 4.78 is 9.96. The van der Waals surface area contributed by atoms with Crippen molar-refractivity contribution in [2.45, 2.75) is 0 Å². The summed E-state index contributed by atoms with van der Waals surface area (Å²) in [5.41, 5.74) is 0.357. The SMILES string of the molecule is O=c1occcc1N1CCOCC1. The Bertz CT molecular complexity index is 328. The second kappa shape index (κ2) is 3.62. The van der Waals surface area contributed by atoms with E-state index in [1.54, 1.807) is 12.1 Å². The first-order valence-corrected chi connectivity index (χ1v) is 4.28. The standard InChI is InChI=1S/C9H11NO3/c11-9-8(2-1-5-13-9)10-3-6-12-7-4-10/h1-2,5H,3-4,6-7H2. The van der Waals surface area contributed by atoms with Crippen LogP contribution in [-0.4, -0.2) is 26.3 Å². The molecule has 0 aromatic carbocycles. The second-order valence-corrected chi connectivity index (χ2v) is 2.89. The number of hydrogen-bond donors (Lipinski definition) is 0. The quantitative estimate of drug-likeness (QED) is 0.632. The second-order valence-electron chi connectivity index (χ2n) is 2.89. The lowest BCUT2D eigenvalue weighted by atomic mass is 10.3. The van der Waals surface area contributed by atoms with Gasteiger partial charge in [0.15, 0.2) is 0 Å². The molecule has 0 unspecified atom stereocenters. The van der Waals surface area contributed by atoms with Crippen molar-refractivity contribution in [3.05, 3.63) is 28.8 Å². The van der Waals surface area contributed by atoms with E-state index in [4.69, 9.17) is 9.15 Å². The summed E-state index contributed by atoms with van der Waals surface area (Å²) in [5.74, 6) is 0. The first-order chi connectivity index (χ1) is 6.38. The molecule has 0 N–H and O–H groups in total. The van der Waals surface area contributed by atoms with Crippen molar-refractivity contribution in [2.24, 2.45) is 0 Å². The lowest BCUT2D eigenvalue weighted by Gasteiger charge is -2.27. The molecule has 2 rings (SSSR count). The molecule has 1 saturated heterocycles. The van der Waals surface area contributed by atoms with Crippen LogP contribution in [0.5, 0.6) is 0 Å². The summed E-state index contributed by atoms with van der Waals surface area (Å²) in [4.78, 5) is 13.3. The molecular weight excluding hydrogens is 170 g/mol. The van der Waals surface area contributed by atoms with Gasteiger partial charge >= 0.3 is 5.63 Å². The van der Waals surface area contributed by atoms with Gasteiger partial charge < -0.3 is 14.1 Å². The molecule has 0 spiro atoms. The van der Waals surface area contributed by atoms with Crippen molar-refractivity contribution in [1.82, 2.24) is 0 Å². The highest BCUT2D eigenvalue weighted by Gasteiger charge is 2.13. The van der Waals surface area contributed by atoms with Gasteiger partial charge in [-0.05, 0) is 12.1 Å². The van der Waals surface area contributed by atoms with Crippen molar-refractivity contribution < 1.29 is 9.15 Å². The summed E-state index contributed by atoms with van der Waals surface area (Å²) in [6.07, 6.45) is 1.40. The average molecular weight is 181 g/mol. The van der Waals surface area contributed by atoms with E-state index in [0.29, 0.717) is 18.9 Å². The third-order valence-corrected chi connectivity index (χ3v) is 2.07. The Hall–Kier alpha value is -1.29. The van der Waals surface area contributed by atoms with E-state index < -0.39 is 0 Å². The third-order valence-electron chi connectivity index (χ3n) is 2.07. The molecule has 1 aliphatic heterocycles. The Morgan fingerprint density at radius 1 is 1.31 bits per heavy atom. The Morgan fingerprint density at radius 2 is 2.08 bits per heavy atom. The van der Waals surface area contributed by atoms with E-state index in [1.165, 1.54) is 6.26 Å². The van der Waals surface area contributed by atoms with Crippen LogP contribution in [0.2, 0.25) is 0 Å². The highest BCUT2D eigenvalue weighted by atomic mass is 16.5. The summed E-state index contributed by atoms with van der Waals surface area (Å²) in [6, 6.07) is 3.50. The van der Waals surface area contributed by atoms with Crippen LogP contribution in [-0.2, 0) is 4.74 Å². The minimum Gasteiger partial charge on any atom is -0.430 e. The van der Waals surface area contributed by atoms with Gasteiger partial charge in [-0.1, -0.05) is 0 Å². The third kappa shape index (κ3) is 1.72. The zero-order valence-electron chi connectivity index (χ0n) is 7.23. The minimum absolute atomic E-state index is 0.274. The molecule has 0 radical (unpaired) electrons. The Balaban J connectivity index is 2.24. The zero-order valence-corrected chi connectivity index (χ0v) is 7.23. The molecule has 13 heavy (non-hydrogen) atoms. The molecular formula is C9H11NO3. The van der Waals surface area contributed by atoms with E-state index >= 15 is 0 Å². The van der Waals surface area contributed by atoms with E-state index in [1.807, 2.05) is 4.90 Å². The average Bonchev–Trinajstić information content (AvgIpc) is 2.20. The maximum atomic E-state index is 11.3. The first kappa shape index (κ1) is 8.31. The lowest BCUT2D eigenvalue weighted by Crippen LogP contribution is -2.38. The molecule has 0 amide bonds. The Morgan fingerprint density at radius 3 is 2.77 bits per heavy atom. The topological polar surface area (TPSA) is 42.7 Å². The van der Waals surface area contributed by atoms with Crippen LogP contribution in [0.25, 0.3) is 0 Å². The van der Waals surface area contributed by atoms with Gasteiger partial charge in [0.1, 0.15) is 5.69 Å². The molecule has 1 aromatic rings. The molecule has 1 fully saturated rings. The molecule has 1 aromatic heterocycles. The normalized spacial score (nSPS) is 17.4. The molecule has 1 aliphatic rings. The summed E-state index contributed by atoms with van der Waals surface area (Å²) in [5, 5.41) is 0. The zero-order chi connectivity index (χ0) is 9.10. The Kier molecular flexibility index (Phi) is 2.31. The van der Waals surface area contributed by atoms with Crippen molar-refractivity contribution in [3.8, 4) is 0 Å². The van der Waals surface area contributed by atoms with Crippen LogP contribution in [0.15, 0.2) is 27.6 Å². The number of ether oxygens (including phenoxy) is 1. The molecule has 0 saturated carbocycles. The molecule has 70 valence electrons. The molecule has 2 heterocycles. The van der Waals surface area contributed by atoms with Crippen LogP contribution >= 0.6 is 0 Å². The van der Waals surface area contributed by atoms with E-state index in [2.05, 4.69) is 0 Å². The summed E-state index contributed by atoms with van der Waals surface area (Å²) in [6.45, 7) is 2.87. The van der Waals surface area contributed by atoms with E-state index in [-0.39, 0.29) is 5.63 Å². The van der Waals surface area contributed by atoms with Crippen LogP contribution in [0.1, 0.15) is 0 Å². The van der Waals surface area contributed by atoms with Gasteiger partial charge in [0.05, 0.1) is 19.5 Å². The van der Waals surface area contributed by atoms with Gasteiger partial charge in [-0.25, -0.2) is 4.79 Å². The fourth-order valence-corrected chi connectivity index (χ4v) is 1.40.